The molecule has 1 N–H and O–H groups in total. The van der Waals surface area contributed by atoms with Gasteiger partial charge in [-0.05, 0) is 29.1 Å². The van der Waals surface area contributed by atoms with Crippen molar-refractivity contribution < 1.29 is 4.79 Å². The molecule has 1 aliphatic rings. The Balaban J connectivity index is 1.26. The van der Waals surface area contributed by atoms with Gasteiger partial charge >= 0.3 is 0 Å². The number of thiazole rings is 1. The van der Waals surface area contributed by atoms with E-state index in [0.29, 0.717) is 6.42 Å². The monoisotopic (exact) mass is 354 g/mol. The number of hydrogen-bond donors (Lipinski definition) is 1. The van der Waals surface area contributed by atoms with Crippen molar-refractivity contribution in [3.63, 3.8) is 0 Å². The number of aromatic amines is 1. The van der Waals surface area contributed by atoms with E-state index in [1.807, 2.05) is 16.5 Å². The molecule has 1 aliphatic heterocycles. The van der Waals surface area contributed by atoms with E-state index in [9.17, 15) is 4.79 Å². The predicted molar refractivity (Wildman–Crippen MR) is 101 cm³/mol. The third-order valence-corrected chi connectivity index (χ3v) is 5.62. The SMILES string of the molecule is O=C(CCc1nccs1)N1CCN(Cc2ccc3[nH]ccc3c2)CC1. The largest absolute Gasteiger partial charge is 0.361 e. The number of rotatable bonds is 5. The van der Waals surface area contributed by atoms with Gasteiger partial charge in [0.15, 0.2) is 0 Å². The maximum atomic E-state index is 12.4. The number of nitrogens with zero attached hydrogens (tertiary/aromatic N) is 3. The van der Waals surface area contributed by atoms with Gasteiger partial charge in [0.1, 0.15) is 0 Å². The number of piperazine rings is 1. The molecule has 6 heteroatoms. The summed E-state index contributed by atoms with van der Waals surface area (Å²) in [5, 5.41) is 4.27. The van der Waals surface area contributed by atoms with Crippen LogP contribution in [0.5, 0.6) is 0 Å². The molecular weight excluding hydrogens is 332 g/mol. The number of hydrogen-bond acceptors (Lipinski definition) is 4. The molecule has 0 aliphatic carbocycles. The van der Waals surface area contributed by atoms with Crippen LogP contribution >= 0.6 is 11.3 Å². The van der Waals surface area contributed by atoms with Crippen LogP contribution in [0.1, 0.15) is 17.0 Å². The van der Waals surface area contributed by atoms with Crippen LogP contribution in [0.2, 0.25) is 0 Å². The molecule has 25 heavy (non-hydrogen) atoms. The second-order valence-electron chi connectivity index (χ2n) is 6.48. The fraction of sp³-hybridized carbons (Fsp3) is 0.368. The highest BCUT2D eigenvalue weighted by atomic mass is 32.1. The fourth-order valence-electron chi connectivity index (χ4n) is 3.36. The molecule has 3 aromatic rings. The van der Waals surface area contributed by atoms with Crippen LogP contribution in [0, 0.1) is 0 Å². The van der Waals surface area contributed by atoms with E-state index in [-0.39, 0.29) is 5.91 Å². The Bertz CT molecular complexity index is 834. The first-order valence-electron chi connectivity index (χ1n) is 8.72. The summed E-state index contributed by atoms with van der Waals surface area (Å²) in [7, 11) is 0. The van der Waals surface area contributed by atoms with E-state index in [1.165, 1.54) is 16.5 Å². The van der Waals surface area contributed by atoms with Crippen molar-refractivity contribution >= 4 is 28.1 Å². The normalized spacial score (nSPS) is 15.8. The standard InChI is InChI=1S/C19H22N4OS/c24-19(4-3-18-21-7-12-25-18)23-10-8-22(9-11-23)14-15-1-2-17-16(13-15)5-6-20-17/h1-2,5-7,12-13,20H,3-4,8-11,14H2. The molecule has 0 saturated carbocycles. The van der Waals surface area contributed by atoms with Crippen LogP contribution in [-0.2, 0) is 17.8 Å². The Morgan fingerprint density at radius 3 is 2.88 bits per heavy atom. The minimum atomic E-state index is 0.253. The van der Waals surface area contributed by atoms with E-state index in [2.05, 4.69) is 39.1 Å². The number of amides is 1. The fourth-order valence-corrected chi connectivity index (χ4v) is 3.98. The molecule has 2 aromatic heterocycles. The highest BCUT2D eigenvalue weighted by Gasteiger charge is 2.21. The van der Waals surface area contributed by atoms with E-state index < -0.39 is 0 Å². The van der Waals surface area contributed by atoms with Gasteiger partial charge < -0.3 is 9.88 Å². The first-order valence-corrected chi connectivity index (χ1v) is 9.60. The molecule has 4 rings (SSSR count). The number of aryl methyl sites for hydroxylation is 1. The Morgan fingerprint density at radius 2 is 2.08 bits per heavy atom. The summed E-state index contributed by atoms with van der Waals surface area (Å²) in [6.07, 6.45) is 5.10. The van der Waals surface area contributed by atoms with Crippen LogP contribution in [0.15, 0.2) is 42.0 Å². The quantitative estimate of drug-likeness (QED) is 0.766. The highest BCUT2D eigenvalue weighted by molar-refractivity contribution is 7.09. The molecule has 0 atom stereocenters. The molecule has 0 bridgehead atoms. The minimum absolute atomic E-state index is 0.253. The van der Waals surface area contributed by atoms with Gasteiger partial charge in [-0.15, -0.1) is 11.3 Å². The number of carbonyl (C=O) groups excluding carboxylic acids is 1. The minimum Gasteiger partial charge on any atom is -0.361 e. The zero-order chi connectivity index (χ0) is 17.1. The van der Waals surface area contributed by atoms with Crippen molar-refractivity contribution in [2.45, 2.75) is 19.4 Å². The van der Waals surface area contributed by atoms with Crippen LogP contribution in [-0.4, -0.2) is 51.9 Å². The average Bonchev–Trinajstić information content (AvgIpc) is 3.31. The number of nitrogens with one attached hydrogen (secondary N) is 1. The van der Waals surface area contributed by atoms with E-state index in [4.69, 9.17) is 0 Å². The lowest BCUT2D eigenvalue weighted by molar-refractivity contribution is -0.133. The van der Waals surface area contributed by atoms with Gasteiger partial charge in [-0.25, -0.2) is 4.98 Å². The van der Waals surface area contributed by atoms with Gasteiger partial charge in [-0.1, -0.05) is 6.07 Å². The highest BCUT2D eigenvalue weighted by Crippen LogP contribution is 2.17. The number of carbonyl (C=O) groups is 1. The van der Waals surface area contributed by atoms with Gasteiger partial charge in [0.05, 0.1) is 5.01 Å². The lowest BCUT2D eigenvalue weighted by Gasteiger charge is -2.34. The summed E-state index contributed by atoms with van der Waals surface area (Å²) < 4.78 is 0. The third kappa shape index (κ3) is 3.91. The van der Waals surface area contributed by atoms with E-state index in [1.54, 1.807) is 17.5 Å². The summed E-state index contributed by atoms with van der Waals surface area (Å²) in [5.41, 5.74) is 2.51. The summed E-state index contributed by atoms with van der Waals surface area (Å²) in [4.78, 5) is 24.3. The van der Waals surface area contributed by atoms with Crippen LogP contribution in [0.3, 0.4) is 0 Å². The molecule has 1 fully saturated rings. The van der Waals surface area contributed by atoms with Gasteiger partial charge in [-0.2, -0.15) is 0 Å². The lowest BCUT2D eigenvalue weighted by Crippen LogP contribution is -2.48. The number of aromatic nitrogens is 2. The van der Waals surface area contributed by atoms with E-state index in [0.717, 1.165) is 44.2 Å². The van der Waals surface area contributed by atoms with Crippen molar-refractivity contribution in [1.29, 1.82) is 0 Å². The molecule has 1 saturated heterocycles. The van der Waals surface area contributed by atoms with Gasteiger partial charge in [0.2, 0.25) is 5.91 Å². The molecule has 0 unspecified atom stereocenters. The zero-order valence-electron chi connectivity index (χ0n) is 14.1. The number of H-pyrrole nitrogens is 1. The summed E-state index contributed by atoms with van der Waals surface area (Å²) in [5.74, 6) is 0.253. The molecule has 0 radical (unpaired) electrons. The Kier molecular flexibility index (Phi) is 4.81. The van der Waals surface area contributed by atoms with Crippen molar-refractivity contribution in [3.8, 4) is 0 Å². The number of fused-ring (bicyclic) bond motifs is 1. The third-order valence-electron chi connectivity index (χ3n) is 4.79. The molecule has 0 spiro atoms. The van der Waals surface area contributed by atoms with Crippen molar-refractivity contribution in [1.82, 2.24) is 19.8 Å². The summed E-state index contributed by atoms with van der Waals surface area (Å²) in [6, 6.07) is 8.68. The van der Waals surface area contributed by atoms with Crippen LogP contribution in [0.25, 0.3) is 10.9 Å². The van der Waals surface area contributed by atoms with Crippen molar-refractivity contribution in [2.24, 2.45) is 0 Å². The first kappa shape index (κ1) is 16.3. The Morgan fingerprint density at radius 1 is 1.20 bits per heavy atom. The topological polar surface area (TPSA) is 52.2 Å². The van der Waals surface area contributed by atoms with Gasteiger partial charge in [0, 0.05) is 68.9 Å². The Hall–Kier alpha value is -2.18. The molecule has 130 valence electrons. The maximum Gasteiger partial charge on any atom is 0.223 e. The molecular formula is C19H22N4OS. The summed E-state index contributed by atoms with van der Waals surface area (Å²) >= 11 is 1.62. The predicted octanol–water partition coefficient (Wildman–Crippen LogP) is 2.90. The second-order valence-corrected chi connectivity index (χ2v) is 7.46. The molecule has 5 nitrogen and oxygen atoms in total. The number of benzene rings is 1. The first-order chi connectivity index (χ1) is 12.3. The molecule has 3 heterocycles. The second kappa shape index (κ2) is 7.37. The lowest BCUT2D eigenvalue weighted by atomic mass is 10.1. The van der Waals surface area contributed by atoms with Gasteiger partial charge in [0.25, 0.3) is 0 Å². The smallest absolute Gasteiger partial charge is 0.223 e. The van der Waals surface area contributed by atoms with E-state index >= 15 is 0 Å². The maximum absolute atomic E-state index is 12.4. The zero-order valence-corrected chi connectivity index (χ0v) is 15.0. The molecule has 1 amide bonds. The van der Waals surface area contributed by atoms with Crippen molar-refractivity contribution in [2.75, 3.05) is 26.2 Å². The van der Waals surface area contributed by atoms with Crippen LogP contribution in [0.4, 0.5) is 0 Å². The summed E-state index contributed by atoms with van der Waals surface area (Å²) in [6.45, 7) is 4.47. The van der Waals surface area contributed by atoms with Gasteiger partial charge in [-0.3, -0.25) is 9.69 Å². The Labute approximate surface area is 151 Å². The van der Waals surface area contributed by atoms with Crippen molar-refractivity contribution in [3.05, 3.63) is 52.6 Å². The van der Waals surface area contributed by atoms with Crippen LogP contribution < -0.4 is 0 Å². The molecule has 1 aromatic carbocycles. The average molecular weight is 354 g/mol.